The molecule has 2 fully saturated rings. The molecule has 11 heteroatoms. The smallest absolute Gasteiger partial charge is 0.311 e. The van der Waals surface area contributed by atoms with E-state index in [0.29, 0.717) is 6.42 Å². The topological polar surface area (TPSA) is 143 Å². The van der Waals surface area contributed by atoms with Crippen LogP contribution in [0, 0.1) is 29.6 Å². The number of benzene rings is 1. The van der Waals surface area contributed by atoms with Gasteiger partial charge in [0.05, 0.1) is 47.6 Å². The Labute approximate surface area is 322 Å². The van der Waals surface area contributed by atoms with E-state index in [2.05, 4.69) is 4.98 Å². The molecule has 54 heavy (non-hydrogen) atoms. The Hall–Kier alpha value is -2.77. The molecule has 0 aliphatic carbocycles. The van der Waals surface area contributed by atoms with Crippen molar-refractivity contribution < 1.29 is 48.2 Å². The fourth-order valence-corrected chi connectivity index (χ4v) is 8.59. The minimum atomic E-state index is -1.75. The highest BCUT2D eigenvalue weighted by molar-refractivity contribution is 5.84. The molecule has 2 aromatic rings. The summed E-state index contributed by atoms with van der Waals surface area (Å²) in [6.07, 6.45) is 1.38. The first-order valence-electron chi connectivity index (χ1n) is 19.5. The van der Waals surface area contributed by atoms with Crippen molar-refractivity contribution in [2.45, 2.75) is 142 Å². The summed E-state index contributed by atoms with van der Waals surface area (Å²) in [6, 6.07) is 9.90. The summed E-state index contributed by atoms with van der Waals surface area (Å²) < 4.78 is 37.4. The summed E-state index contributed by atoms with van der Waals surface area (Å²) >= 11 is 0. The number of aliphatic hydroxyl groups excluding tert-OH is 1. The summed E-state index contributed by atoms with van der Waals surface area (Å²) in [4.78, 5) is 33.1. The molecule has 1 aromatic carbocycles. The number of Topliss-reactive ketones (excluding diaryl/α,β-unsaturated/α-hetero) is 1. The number of aromatic nitrogens is 1. The number of para-hydroxylation sites is 1. The first-order chi connectivity index (χ1) is 25.3. The summed E-state index contributed by atoms with van der Waals surface area (Å²) in [5.41, 5.74) is -1.70. The quantitative estimate of drug-likeness (QED) is 0.269. The Kier molecular flexibility index (Phi) is 14.7. The number of carbonyl (C=O) groups is 2. The largest absolute Gasteiger partial charge is 0.459 e. The van der Waals surface area contributed by atoms with Gasteiger partial charge < -0.3 is 38.6 Å². The molecule has 2 aliphatic heterocycles. The number of fused-ring (bicyclic) bond motifs is 1. The summed E-state index contributed by atoms with van der Waals surface area (Å²) in [6.45, 7) is 18.5. The third-order valence-corrected chi connectivity index (χ3v) is 12.6. The fraction of sp³-hybridized carbons (Fsp3) is 0.698. The third-order valence-electron chi connectivity index (χ3n) is 12.6. The number of rotatable bonds is 9. The molecular weight excluding hydrogens is 690 g/mol. The van der Waals surface area contributed by atoms with Gasteiger partial charge in [-0.05, 0) is 77.0 Å². The maximum absolute atomic E-state index is 14.3. The van der Waals surface area contributed by atoms with Crippen molar-refractivity contribution in [3.05, 3.63) is 48.2 Å². The van der Waals surface area contributed by atoms with Gasteiger partial charge in [0.1, 0.15) is 23.6 Å². The van der Waals surface area contributed by atoms with Crippen LogP contribution >= 0.6 is 0 Å². The van der Waals surface area contributed by atoms with Crippen molar-refractivity contribution in [1.82, 2.24) is 4.98 Å². The van der Waals surface area contributed by atoms with Gasteiger partial charge in [-0.2, -0.15) is 0 Å². The van der Waals surface area contributed by atoms with Gasteiger partial charge in [-0.3, -0.25) is 14.6 Å². The Morgan fingerprint density at radius 2 is 1.63 bits per heavy atom. The van der Waals surface area contributed by atoms with Gasteiger partial charge in [0.25, 0.3) is 0 Å². The second kappa shape index (κ2) is 18.0. The molecule has 0 amide bonds. The molecule has 0 bridgehead atoms. The SMILES string of the molecule is CC[C@H]1OC(=O)[C@H](C)[C@@H](O[C@H]2C[C@@](C)(OC)[C@@H](O)[C@H](C)O2)[C@H](C)[C@@H](C)[C@](C)(OC)C[C@@H](C)C(=O)[C@H](C)[C@@H](OCC=Cc2cnc3ccccc3c2)[C@]1(C)O. The van der Waals surface area contributed by atoms with E-state index in [-0.39, 0.29) is 37.1 Å². The van der Waals surface area contributed by atoms with Crippen LogP contribution in [0.15, 0.2) is 42.6 Å². The first kappa shape index (κ1) is 44.0. The van der Waals surface area contributed by atoms with Crippen LogP contribution in [0.5, 0.6) is 0 Å². The maximum atomic E-state index is 14.3. The van der Waals surface area contributed by atoms with Crippen LogP contribution in [0.2, 0.25) is 0 Å². The molecule has 2 saturated heterocycles. The number of pyridine rings is 1. The van der Waals surface area contributed by atoms with Gasteiger partial charge >= 0.3 is 5.97 Å². The van der Waals surface area contributed by atoms with Crippen LogP contribution in [0.3, 0.4) is 0 Å². The molecule has 0 unspecified atom stereocenters. The maximum Gasteiger partial charge on any atom is 0.311 e. The van der Waals surface area contributed by atoms with Gasteiger partial charge in [-0.1, -0.05) is 65.0 Å². The molecule has 11 nitrogen and oxygen atoms in total. The van der Waals surface area contributed by atoms with Crippen LogP contribution < -0.4 is 0 Å². The number of aliphatic hydroxyl groups is 2. The molecule has 0 radical (unpaired) electrons. The van der Waals surface area contributed by atoms with E-state index >= 15 is 0 Å². The van der Waals surface area contributed by atoms with Gasteiger partial charge in [0.15, 0.2) is 6.29 Å². The molecule has 302 valence electrons. The highest BCUT2D eigenvalue weighted by atomic mass is 16.7. The summed E-state index contributed by atoms with van der Waals surface area (Å²) in [5.74, 6) is -3.16. The number of hydrogen-bond donors (Lipinski definition) is 2. The van der Waals surface area contributed by atoms with Crippen molar-refractivity contribution in [1.29, 1.82) is 0 Å². The summed E-state index contributed by atoms with van der Waals surface area (Å²) in [7, 11) is 3.18. The zero-order valence-corrected chi connectivity index (χ0v) is 34.4. The van der Waals surface area contributed by atoms with E-state index in [9.17, 15) is 19.8 Å². The lowest BCUT2D eigenvalue weighted by atomic mass is 9.70. The van der Waals surface area contributed by atoms with Crippen LogP contribution in [-0.2, 0) is 38.0 Å². The Bertz CT molecular complexity index is 1600. The van der Waals surface area contributed by atoms with Crippen molar-refractivity contribution in [2.24, 2.45) is 29.6 Å². The Morgan fingerprint density at radius 1 is 0.963 bits per heavy atom. The number of ether oxygens (including phenoxy) is 6. The van der Waals surface area contributed by atoms with Crippen LogP contribution in [-0.4, -0.2) is 101 Å². The monoisotopic (exact) mass is 755 g/mol. The van der Waals surface area contributed by atoms with Crippen LogP contribution in [0.1, 0.15) is 94.1 Å². The van der Waals surface area contributed by atoms with E-state index < -0.39 is 77.3 Å². The third kappa shape index (κ3) is 9.42. The number of hydrogen-bond acceptors (Lipinski definition) is 11. The number of nitrogens with zero attached hydrogens (tertiary/aromatic N) is 1. The van der Waals surface area contributed by atoms with Crippen LogP contribution in [0.25, 0.3) is 17.0 Å². The van der Waals surface area contributed by atoms with Crippen molar-refractivity contribution >= 4 is 28.7 Å². The second-order valence-electron chi connectivity index (χ2n) is 16.5. The van der Waals surface area contributed by atoms with E-state index in [1.54, 1.807) is 48.1 Å². The number of cyclic esters (lactones) is 1. The number of carbonyl (C=O) groups excluding carboxylic acids is 2. The van der Waals surface area contributed by atoms with Gasteiger partial charge in [-0.25, -0.2) is 0 Å². The number of ketones is 1. The second-order valence-corrected chi connectivity index (χ2v) is 16.5. The van der Waals surface area contributed by atoms with Crippen molar-refractivity contribution in [3.63, 3.8) is 0 Å². The Morgan fingerprint density at radius 3 is 2.28 bits per heavy atom. The molecule has 2 aliphatic rings. The zero-order chi connectivity index (χ0) is 40.2. The molecule has 4 rings (SSSR count). The molecule has 2 N–H and O–H groups in total. The molecule has 3 heterocycles. The lowest BCUT2D eigenvalue weighted by molar-refractivity contribution is -0.298. The lowest BCUT2D eigenvalue weighted by Crippen LogP contribution is -2.59. The highest BCUT2D eigenvalue weighted by Crippen LogP contribution is 2.42. The highest BCUT2D eigenvalue weighted by Gasteiger charge is 2.52. The van der Waals surface area contributed by atoms with E-state index in [0.717, 1.165) is 16.5 Å². The zero-order valence-electron chi connectivity index (χ0n) is 34.4. The minimum Gasteiger partial charge on any atom is -0.459 e. The average molecular weight is 756 g/mol. The van der Waals surface area contributed by atoms with E-state index in [4.69, 9.17) is 28.4 Å². The molecule has 1 aromatic heterocycles. The van der Waals surface area contributed by atoms with E-state index in [1.165, 1.54) is 0 Å². The van der Waals surface area contributed by atoms with Crippen molar-refractivity contribution in [2.75, 3.05) is 20.8 Å². The standard InChI is InChI=1S/C43H65NO10/c1-13-34-43(10,48)39(51-20-16-17-31-21-32-18-14-15-19-33(32)44-24-31)27(4)36(45)25(2)22-41(8,49-11)29(6)26(3)37(28(5)40(47)53-34)54-35-23-42(9,50-12)38(46)30(7)52-35/h14-19,21,24-30,34-35,37-39,46,48H,13,20,22-23H2,1-12H3/t25-,26-,27+,28-,29-,30+,34-,35+,37+,38+,39-,41-,42-,43-/m1/s1. The summed E-state index contributed by atoms with van der Waals surface area (Å²) in [5, 5.41) is 24.2. The number of esters is 1. The normalized spacial score (nSPS) is 40.4. The molecule has 0 saturated carbocycles. The van der Waals surface area contributed by atoms with Gasteiger partial charge in [0, 0.05) is 44.1 Å². The molecular formula is C43H65NO10. The predicted molar refractivity (Wildman–Crippen MR) is 207 cm³/mol. The lowest BCUT2D eigenvalue weighted by Gasteiger charge is -2.48. The van der Waals surface area contributed by atoms with Gasteiger partial charge in [0.2, 0.25) is 0 Å². The minimum absolute atomic E-state index is 0.0903. The number of methoxy groups -OCH3 is 2. The van der Waals surface area contributed by atoms with E-state index in [1.807, 2.05) is 84.0 Å². The average Bonchev–Trinajstić information content (AvgIpc) is 3.15. The van der Waals surface area contributed by atoms with Crippen molar-refractivity contribution in [3.8, 4) is 0 Å². The van der Waals surface area contributed by atoms with Gasteiger partial charge in [-0.15, -0.1) is 0 Å². The molecule has 0 spiro atoms. The Balaban J connectivity index is 1.68. The fourth-order valence-electron chi connectivity index (χ4n) is 8.59. The first-order valence-corrected chi connectivity index (χ1v) is 19.5. The van der Waals surface area contributed by atoms with Crippen LogP contribution in [0.4, 0.5) is 0 Å². The predicted octanol–water partition coefficient (Wildman–Crippen LogP) is 6.55. The molecule has 14 atom stereocenters.